The third kappa shape index (κ3) is 3.33. The number of benzene rings is 1. The Morgan fingerprint density at radius 3 is 2.37 bits per heavy atom. The molecule has 0 bridgehead atoms. The molecule has 0 aromatic heterocycles. The summed E-state index contributed by atoms with van der Waals surface area (Å²) in [4.78, 5) is 11.4. The Morgan fingerprint density at radius 2 is 1.84 bits per heavy atom. The van der Waals surface area contributed by atoms with Crippen molar-refractivity contribution < 1.29 is 4.79 Å². The van der Waals surface area contributed by atoms with Crippen LogP contribution in [0.15, 0.2) is 35.5 Å². The maximum absolute atomic E-state index is 11.4. The van der Waals surface area contributed by atoms with Gasteiger partial charge in [0.2, 0.25) is 0 Å². The molecule has 6 heteroatoms. The van der Waals surface area contributed by atoms with Crippen molar-refractivity contribution in [3.8, 4) is 18.2 Å². The number of hydrogen-bond acceptors (Lipinski definition) is 5. The van der Waals surface area contributed by atoms with Gasteiger partial charge >= 0.3 is 0 Å². The third-order valence-electron chi connectivity index (χ3n) is 2.21. The Bertz CT molecular complexity index is 639. The maximum Gasteiger partial charge on any atom is 0.251 e. The molecule has 2 N–H and O–H groups in total. The van der Waals surface area contributed by atoms with Crippen molar-refractivity contribution in [2.75, 3.05) is 12.4 Å². The summed E-state index contributed by atoms with van der Waals surface area (Å²) in [5, 5.41) is 31.4. The van der Waals surface area contributed by atoms with Crippen LogP contribution in [0.3, 0.4) is 0 Å². The van der Waals surface area contributed by atoms with Gasteiger partial charge in [-0.3, -0.25) is 4.79 Å². The highest BCUT2D eigenvalue weighted by molar-refractivity contribution is 5.95. The first-order valence-corrected chi connectivity index (χ1v) is 5.20. The lowest BCUT2D eigenvalue weighted by Crippen LogP contribution is -2.17. The van der Waals surface area contributed by atoms with Gasteiger partial charge in [-0.15, -0.1) is 0 Å². The smallest absolute Gasteiger partial charge is 0.251 e. The number of nitrogens with one attached hydrogen (secondary N) is 2. The molecule has 0 aliphatic rings. The molecular weight excluding hydrogens is 242 g/mol. The Balaban J connectivity index is 3.12. The summed E-state index contributed by atoms with van der Waals surface area (Å²) < 4.78 is 0. The summed E-state index contributed by atoms with van der Waals surface area (Å²) >= 11 is 0. The largest absolute Gasteiger partial charge is 0.355 e. The normalized spacial score (nSPS) is 8.32. The lowest BCUT2D eigenvalue weighted by atomic mass is 10.1. The first-order chi connectivity index (χ1) is 9.15. The number of carbonyl (C=O) groups is 1. The zero-order valence-corrected chi connectivity index (χ0v) is 10.1. The number of nitriles is 3. The molecule has 0 atom stereocenters. The minimum absolute atomic E-state index is 0.154. The fourth-order valence-corrected chi connectivity index (χ4v) is 1.31. The van der Waals surface area contributed by atoms with Crippen LogP contribution in [-0.4, -0.2) is 13.0 Å². The van der Waals surface area contributed by atoms with E-state index in [1.54, 1.807) is 36.4 Å². The number of allylic oxidation sites excluding steroid dienone is 2. The fraction of sp³-hybridized carbons (Fsp3) is 0.0769. The van der Waals surface area contributed by atoms with Crippen molar-refractivity contribution in [3.63, 3.8) is 0 Å². The SMILES string of the molecule is CNC(=O)c1cccc(NC(C#N)=C(C#N)C#N)c1. The van der Waals surface area contributed by atoms with Crippen molar-refractivity contribution in [2.24, 2.45) is 0 Å². The van der Waals surface area contributed by atoms with Gasteiger partial charge in [0.25, 0.3) is 5.91 Å². The second-order valence-corrected chi connectivity index (χ2v) is 3.37. The Hall–Kier alpha value is -3.30. The van der Waals surface area contributed by atoms with Crippen LogP contribution < -0.4 is 10.6 Å². The molecule has 1 rings (SSSR count). The van der Waals surface area contributed by atoms with Gasteiger partial charge in [-0.2, -0.15) is 15.8 Å². The van der Waals surface area contributed by atoms with E-state index in [4.69, 9.17) is 15.8 Å². The number of rotatable bonds is 3. The topological polar surface area (TPSA) is 112 Å². The molecule has 6 nitrogen and oxygen atoms in total. The molecule has 0 spiro atoms. The Morgan fingerprint density at radius 1 is 1.16 bits per heavy atom. The number of hydrogen-bond donors (Lipinski definition) is 2. The Labute approximate surface area is 110 Å². The predicted molar refractivity (Wildman–Crippen MR) is 67.3 cm³/mol. The zero-order valence-electron chi connectivity index (χ0n) is 10.1. The van der Waals surface area contributed by atoms with Gasteiger partial charge in [-0.1, -0.05) is 6.07 Å². The van der Waals surface area contributed by atoms with Crippen LogP contribution in [0.1, 0.15) is 10.4 Å². The molecule has 0 heterocycles. The molecule has 1 amide bonds. The van der Waals surface area contributed by atoms with E-state index in [1.807, 2.05) is 0 Å². The highest BCUT2D eigenvalue weighted by atomic mass is 16.1. The Kier molecular flexibility index (Phi) is 4.66. The molecule has 0 unspecified atom stereocenters. The molecule has 19 heavy (non-hydrogen) atoms. The van der Waals surface area contributed by atoms with Crippen LogP contribution in [0.5, 0.6) is 0 Å². The predicted octanol–water partition coefficient (Wildman–Crippen LogP) is 1.28. The molecule has 1 aromatic rings. The second-order valence-electron chi connectivity index (χ2n) is 3.37. The summed E-state index contributed by atoms with van der Waals surface area (Å²) in [5.74, 6) is -0.271. The average Bonchev–Trinajstić information content (AvgIpc) is 2.46. The summed E-state index contributed by atoms with van der Waals surface area (Å²) in [7, 11) is 1.51. The molecule has 92 valence electrons. The number of anilines is 1. The monoisotopic (exact) mass is 251 g/mol. The van der Waals surface area contributed by atoms with Gasteiger partial charge < -0.3 is 10.6 Å². The first-order valence-electron chi connectivity index (χ1n) is 5.20. The molecule has 0 radical (unpaired) electrons. The van der Waals surface area contributed by atoms with Gasteiger partial charge in [0.05, 0.1) is 0 Å². The van der Waals surface area contributed by atoms with Crippen molar-refractivity contribution in [2.45, 2.75) is 0 Å². The van der Waals surface area contributed by atoms with E-state index in [9.17, 15) is 4.79 Å². The van der Waals surface area contributed by atoms with Crippen molar-refractivity contribution in [3.05, 3.63) is 41.1 Å². The molecule has 1 aromatic carbocycles. The number of amides is 1. The third-order valence-corrected chi connectivity index (χ3v) is 2.21. The van der Waals surface area contributed by atoms with Gasteiger partial charge in [0, 0.05) is 18.3 Å². The number of nitrogens with zero attached hydrogens (tertiary/aromatic N) is 3. The van der Waals surface area contributed by atoms with Crippen LogP contribution >= 0.6 is 0 Å². The van der Waals surface area contributed by atoms with Crippen LogP contribution in [0.25, 0.3) is 0 Å². The standard InChI is InChI=1S/C13H9N5O/c1-17-13(19)9-3-2-4-11(5-9)18-12(8-16)10(6-14)7-15/h2-5,18H,1H3,(H,17,19). The molecule has 0 aliphatic carbocycles. The quantitative estimate of drug-likeness (QED) is 0.786. The van der Waals surface area contributed by atoms with Gasteiger partial charge in [0.15, 0.2) is 5.57 Å². The highest BCUT2D eigenvalue weighted by Crippen LogP contribution is 2.14. The average molecular weight is 251 g/mol. The van der Waals surface area contributed by atoms with Crippen molar-refractivity contribution in [1.29, 1.82) is 15.8 Å². The van der Waals surface area contributed by atoms with E-state index in [2.05, 4.69) is 10.6 Å². The summed E-state index contributed by atoms with van der Waals surface area (Å²) in [6, 6.07) is 11.4. The van der Waals surface area contributed by atoms with E-state index in [0.717, 1.165) is 0 Å². The summed E-state index contributed by atoms with van der Waals surface area (Å²) in [6.45, 7) is 0. The highest BCUT2D eigenvalue weighted by Gasteiger charge is 2.08. The van der Waals surface area contributed by atoms with Gasteiger partial charge in [0.1, 0.15) is 23.9 Å². The number of carbonyl (C=O) groups excluding carboxylic acids is 1. The lowest BCUT2D eigenvalue weighted by Gasteiger charge is -2.06. The summed E-state index contributed by atoms with van der Waals surface area (Å²) in [5.41, 5.74) is 0.382. The minimum atomic E-state index is -0.312. The molecule has 0 saturated carbocycles. The van der Waals surface area contributed by atoms with Crippen LogP contribution in [-0.2, 0) is 0 Å². The van der Waals surface area contributed by atoms with Crippen molar-refractivity contribution in [1.82, 2.24) is 5.32 Å². The van der Waals surface area contributed by atoms with Crippen molar-refractivity contribution >= 4 is 11.6 Å². The zero-order chi connectivity index (χ0) is 14.3. The maximum atomic E-state index is 11.4. The van der Waals surface area contributed by atoms with E-state index < -0.39 is 0 Å². The van der Waals surface area contributed by atoms with Crippen LogP contribution in [0, 0.1) is 34.0 Å². The van der Waals surface area contributed by atoms with Gasteiger partial charge in [-0.05, 0) is 18.2 Å². The molecule has 0 fully saturated rings. The van der Waals surface area contributed by atoms with E-state index in [0.29, 0.717) is 11.3 Å². The lowest BCUT2D eigenvalue weighted by molar-refractivity contribution is 0.0963. The molecule has 0 saturated heterocycles. The fourth-order valence-electron chi connectivity index (χ4n) is 1.31. The molecule has 0 aliphatic heterocycles. The minimum Gasteiger partial charge on any atom is -0.355 e. The van der Waals surface area contributed by atoms with Crippen LogP contribution in [0.2, 0.25) is 0 Å². The summed E-state index contributed by atoms with van der Waals surface area (Å²) in [6.07, 6.45) is 0. The van der Waals surface area contributed by atoms with Gasteiger partial charge in [-0.25, -0.2) is 0 Å². The molecular formula is C13H9N5O. The van der Waals surface area contributed by atoms with E-state index in [1.165, 1.54) is 13.1 Å². The van der Waals surface area contributed by atoms with E-state index >= 15 is 0 Å². The van der Waals surface area contributed by atoms with E-state index in [-0.39, 0.29) is 17.2 Å². The first kappa shape index (κ1) is 13.8. The second kappa shape index (κ2) is 6.44. The van der Waals surface area contributed by atoms with Crippen LogP contribution in [0.4, 0.5) is 5.69 Å².